The van der Waals surface area contributed by atoms with Crippen LogP contribution in [-0.2, 0) is 4.79 Å². The topological polar surface area (TPSA) is 59.0 Å². The molecule has 0 atom stereocenters. The highest BCUT2D eigenvalue weighted by Crippen LogP contribution is 2.39. The minimum atomic E-state index is -0.245. The maximum Gasteiger partial charge on any atom is 0.270 e. The molecule has 7 heteroatoms. The second-order valence-electron chi connectivity index (χ2n) is 5.12. The normalized spacial score (nSPS) is 15.8. The van der Waals surface area contributed by atoms with E-state index in [1.165, 1.54) is 28.8 Å². The van der Waals surface area contributed by atoms with Crippen LogP contribution >= 0.6 is 24.0 Å². The van der Waals surface area contributed by atoms with Crippen LogP contribution in [0.3, 0.4) is 0 Å². The molecule has 1 saturated heterocycles. The number of hydrogen-bond acceptors (Lipinski definition) is 6. The van der Waals surface area contributed by atoms with Crippen LogP contribution in [0.5, 0.6) is 17.2 Å². The number of para-hydroxylation sites is 1. The van der Waals surface area contributed by atoms with E-state index in [-0.39, 0.29) is 11.7 Å². The fourth-order valence-electron chi connectivity index (χ4n) is 2.49. The molecule has 2 aromatic carbocycles. The van der Waals surface area contributed by atoms with E-state index in [1.807, 2.05) is 12.1 Å². The van der Waals surface area contributed by atoms with E-state index < -0.39 is 0 Å². The molecule has 1 heterocycles. The van der Waals surface area contributed by atoms with Crippen molar-refractivity contribution in [3.05, 3.63) is 52.9 Å². The van der Waals surface area contributed by atoms with Crippen molar-refractivity contribution >= 4 is 46.0 Å². The lowest BCUT2D eigenvalue weighted by molar-refractivity contribution is -0.113. The van der Waals surface area contributed by atoms with Gasteiger partial charge in [-0.15, -0.1) is 0 Å². The van der Waals surface area contributed by atoms with Crippen molar-refractivity contribution in [2.24, 2.45) is 0 Å². The lowest BCUT2D eigenvalue weighted by atomic mass is 10.1. The molecule has 3 rings (SSSR count). The number of nitrogens with zero attached hydrogens (tertiary/aromatic N) is 1. The highest BCUT2D eigenvalue weighted by Gasteiger charge is 2.33. The Morgan fingerprint density at radius 3 is 2.60 bits per heavy atom. The summed E-state index contributed by atoms with van der Waals surface area (Å²) >= 11 is 6.54. The van der Waals surface area contributed by atoms with Gasteiger partial charge in [0.15, 0.2) is 15.8 Å². The molecule has 0 radical (unpaired) electrons. The van der Waals surface area contributed by atoms with Crippen molar-refractivity contribution < 1.29 is 19.4 Å². The molecule has 5 nitrogen and oxygen atoms in total. The van der Waals surface area contributed by atoms with E-state index in [1.54, 1.807) is 38.5 Å². The monoisotopic (exact) mass is 373 g/mol. The molecule has 1 aliphatic rings. The SMILES string of the molecule is COc1cccc(/C=C2/SC(=S)N(c3cccc(O)c3)C2=O)c1OC. The molecule has 25 heavy (non-hydrogen) atoms. The summed E-state index contributed by atoms with van der Waals surface area (Å²) in [7, 11) is 3.11. The second kappa shape index (κ2) is 7.16. The van der Waals surface area contributed by atoms with Crippen LogP contribution in [0.15, 0.2) is 47.4 Å². The molecule has 0 saturated carbocycles. The summed E-state index contributed by atoms with van der Waals surface area (Å²) in [5, 5.41) is 9.64. The number of hydrogen-bond donors (Lipinski definition) is 1. The Balaban J connectivity index is 1.99. The van der Waals surface area contributed by atoms with Gasteiger partial charge >= 0.3 is 0 Å². The summed E-state index contributed by atoms with van der Waals surface area (Å²) in [5.74, 6) is 0.961. The Labute approximate surface area is 154 Å². The van der Waals surface area contributed by atoms with Gasteiger partial charge in [-0.25, -0.2) is 0 Å². The molecule has 128 valence electrons. The third-order valence-electron chi connectivity index (χ3n) is 3.60. The number of thioether (sulfide) groups is 1. The van der Waals surface area contributed by atoms with Crippen LogP contribution in [0.4, 0.5) is 5.69 Å². The quantitative estimate of drug-likeness (QED) is 0.650. The van der Waals surface area contributed by atoms with Gasteiger partial charge in [0.1, 0.15) is 5.75 Å². The van der Waals surface area contributed by atoms with E-state index in [9.17, 15) is 9.90 Å². The molecular weight excluding hydrogens is 358 g/mol. The molecule has 0 unspecified atom stereocenters. The maximum atomic E-state index is 12.8. The lowest BCUT2D eigenvalue weighted by Crippen LogP contribution is -2.27. The zero-order valence-corrected chi connectivity index (χ0v) is 15.2. The van der Waals surface area contributed by atoms with E-state index in [0.29, 0.717) is 26.4 Å². The van der Waals surface area contributed by atoms with E-state index in [0.717, 1.165) is 5.56 Å². The minimum absolute atomic E-state index is 0.0741. The predicted molar refractivity (Wildman–Crippen MR) is 103 cm³/mol. The number of anilines is 1. The second-order valence-corrected chi connectivity index (χ2v) is 6.80. The lowest BCUT2D eigenvalue weighted by Gasteiger charge is -2.14. The van der Waals surface area contributed by atoms with Crippen molar-refractivity contribution in [2.75, 3.05) is 19.1 Å². The fraction of sp³-hybridized carbons (Fsp3) is 0.111. The maximum absolute atomic E-state index is 12.8. The van der Waals surface area contributed by atoms with Crippen molar-refractivity contribution in [1.82, 2.24) is 0 Å². The van der Waals surface area contributed by atoms with Crippen LogP contribution in [-0.4, -0.2) is 29.6 Å². The van der Waals surface area contributed by atoms with Gasteiger partial charge in [-0.3, -0.25) is 9.69 Å². The van der Waals surface area contributed by atoms with E-state index in [4.69, 9.17) is 21.7 Å². The van der Waals surface area contributed by atoms with Gasteiger partial charge in [0, 0.05) is 11.6 Å². The summed E-state index contributed by atoms with van der Waals surface area (Å²) in [5.41, 5.74) is 1.25. The number of amides is 1. The molecule has 0 bridgehead atoms. The molecule has 0 aliphatic carbocycles. The highest BCUT2D eigenvalue weighted by atomic mass is 32.2. The molecular formula is C18H15NO4S2. The molecule has 0 aromatic heterocycles. The molecule has 1 amide bonds. The first kappa shape index (κ1) is 17.3. The smallest absolute Gasteiger partial charge is 0.270 e. The minimum Gasteiger partial charge on any atom is -0.508 e. The van der Waals surface area contributed by atoms with Gasteiger partial charge < -0.3 is 14.6 Å². The first-order valence-electron chi connectivity index (χ1n) is 7.33. The first-order chi connectivity index (χ1) is 12.0. The molecule has 0 spiro atoms. The third kappa shape index (κ3) is 3.33. The number of phenols is 1. The van der Waals surface area contributed by atoms with Crippen LogP contribution in [0.25, 0.3) is 6.08 Å². The number of rotatable bonds is 4. The van der Waals surface area contributed by atoms with Crippen molar-refractivity contribution in [3.8, 4) is 17.2 Å². The standard InChI is InChI=1S/C18H15NO4S2/c1-22-14-8-3-5-11(16(14)23-2)9-15-17(21)19(18(24)25-15)12-6-4-7-13(20)10-12/h3-10,20H,1-2H3/b15-9+. The molecule has 1 N–H and O–H groups in total. The number of benzene rings is 2. The molecule has 1 aliphatic heterocycles. The van der Waals surface area contributed by atoms with Crippen molar-refractivity contribution in [3.63, 3.8) is 0 Å². The summed E-state index contributed by atoms with van der Waals surface area (Å²) in [6, 6.07) is 11.9. The van der Waals surface area contributed by atoms with Gasteiger partial charge in [-0.2, -0.15) is 0 Å². The molecule has 1 fully saturated rings. The Bertz CT molecular complexity index is 879. The Kier molecular flexibility index (Phi) is 4.96. The third-order valence-corrected chi connectivity index (χ3v) is 4.90. The number of thiocarbonyl (C=S) groups is 1. The number of carbonyl (C=O) groups is 1. The molecule has 2 aromatic rings. The van der Waals surface area contributed by atoms with Gasteiger partial charge in [-0.1, -0.05) is 42.2 Å². The van der Waals surface area contributed by atoms with Crippen LogP contribution in [0.2, 0.25) is 0 Å². The summed E-state index contributed by atoms with van der Waals surface area (Å²) in [4.78, 5) is 14.7. The average molecular weight is 373 g/mol. The largest absolute Gasteiger partial charge is 0.508 e. The van der Waals surface area contributed by atoms with E-state index >= 15 is 0 Å². The number of methoxy groups -OCH3 is 2. The van der Waals surface area contributed by atoms with Crippen LogP contribution in [0, 0.1) is 0 Å². The zero-order valence-electron chi connectivity index (χ0n) is 13.6. The Hall–Kier alpha value is -2.51. The van der Waals surface area contributed by atoms with Gasteiger partial charge in [0.25, 0.3) is 5.91 Å². The summed E-state index contributed by atoms with van der Waals surface area (Å²) in [6.07, 6.45) is 1.73. The number of ether oxygens (including phenoxy) is 2. The average Bonchev–Trinajstić information content (AvgIpc) is 2.88. The number of carbonyl (C=O) groups excluding carboxylic acids is 1. The zero-order chi connectivity index (χ0) is 18.0. The fourth-order valence-corrected chi connectivity index (χ4v) is 3.78. The predicted octanol–water partition coefficient (Wildman–Crippen LogP) is 3.82. The Morgan fingerprint density at radius 2 is 1.92 bits per heavy atom. The van der Waals surface area contributed by atoms with Crippen molar-refractivity contribution in [1.29, 1.82) is 0 Å². The van der Waals surface area contributed by atoms with Gasteiger partial charge in [0.2, 0.25) is 0 Å². The van der Waals surface area contributed by atoms with Crippen molar-refractivity contribution in [2.45, 2.75) is 0 Å². The van der Waals surface area contributed by atoms with Crippen LogP contribution < -0.4 is 14.4 Å². The summed E-state index contributed by atoms with van der Waals surface area (Å²) in [6.45, 7) is 0. The van der Waals surface area contributed by atoms with E-state index in [2.05, 4.69) is 0 Å². The van der Waals surface area contributed by atoms with Gasteiger partial charge in [-0.05, 0) is 24.3 Å². The van der Waals surface area contributed by atoms with Gasteiger partial charge in [0.05, 0.1) is 24.8 Å². The highest BCUT2D eigenvalue weighted by molar-refractivity contribution is 8.27. The number of aromatic hydroxyl groups is 1. The number of phenolic OH excluding ortho intramolecular Hbond substituents is 1. The Morgan fingerprint density at radius 1 is 1.16 bits per heavy atom. The summed E-state index contributed by atoms with van der Waals surface area (Å²) < 4.78 is 11.1. The first-order valence-corrected chi connectivity index (χ1v) is 8.55. The van der Waals surface area contributed by atoms with Crippen LogP contribution in [0.1, 0.15) is 5.56 Å².